The van der Waals surface area contributed by atoms with E-state index < -0.39 is 0 Å². The van der Waals surface area contributed by atoms with E-state index in [4.69, 9.17) is 24.4 Å². The van der Waals surface area contributed by atoms with Crippen LogP contribution in [-0.2, 0) is 12.8 Å². The Kier molecular flexibility index (Phi) is 5.53. The van der Waals surface area contributed by atoms with Gasteiger partial charge in [0.1, 0.15) is 22.9 Å². The highest BCUT2D eigenvalue weighted by Crippen LogP contribution is 2.45. The molecule has 0 saturated carbocycles. The van der Waals surface area contributed by atoms with Gasteiger partial charge in [-0.2, -0.15) is 0 Å². The van der Waals surface area contributed by atoms with Crippen molar-refractivity contribution in [3.63, 3.8) is 0 Å². The van der Waals surface area contributed by atoms with E-state index in [1.807, 2.05) is 78.9 Å². The molecule has 208 valence electrons. The van der Waals surface area contributed by atoms with Gasteiger partial charge in [-0.15, -0.1) is 0 Å². The summed E-state index contributed by atoms with van der Waals surface area (Å²) in [5, 5.41) is 2.36. The lowest BCUT2D eigenvalue weighted by molar-refractivity contribution is 0.620. The third-order valence-electron chi connectivity index (χ3n) is 8.40. The molecule has 1 aliphatic rings. The molecule has 8 aromatic rings. The molecule has 0 atom stereocenters. The Morgan fingerprint density at radius 3 is 1.91 bits per heavy atom. The van der Waals surface area contributed by atoms with Crippen molar-refractivity contribution in [1.29, 1.82) is 0 Å². The predicted molar refractivity (Wildman–Crippen MR) is 173 cm³/mol. The predicted octanol–water partition coefficient (Wildman–Crippen LogP) is 8.72. The van der Waals surface area contributed by atoms with Crippen LogP contribution in [0.25, 0.3) is 73.3 Å². The molecule has 0 unspecified atom stereocenters. The molecule has 0 bridgehead atoms. The number of benzene rings is 4. The smallest absolute Gasteiger partial charge is 0.182 e. The van der Waals surface area contributed by atoms with Gasteiger partial charge in [0.2, 0.25) is 0 Å². The summed E-state index contributed by atoms with van der Waals surface area (Å²) in [6, 6.07) is 42.9. The molecule has 0 radical (unpaired) electrons. The van der Waals surface area contributed by atoms with Crippen LogP contribution in [0.3, 0.4) is 0 Å². The molecule has 9 rings (SSSR count). The summed E-state index contributed by atoms with van der Waals surface area (Å²) in [6.07, 6.45) is 1.79. The Morgan fingerprint density at radius 1 is 0.523 bits per heavy atom. The maximum Gasteiger partial charge on any atom is 0.182 e. The lowest BCUT2D eigenvalue weighted by Crippen LogP contribution is -2.09. The Balaban J connectivity index is 1.24. The lowest BCUT2D eigenvalue weighted by Gasteiger charge is -2.16. The summed E-state index contributed by atoms with van der Waals surface area (Å²) in [5.74, 6) is 3.55. The summed E-state index contributed by atoms with van der Waals surface area (Å²) >= 11 is 0. The fourth-order valence-corrected chi connectivity index (χ4v) is 6.43. The minimum atomic E-state index is 0.532. The van der Waals surface area contributed by atoms with E-state index >= 15 is 0 Å². The highest BCUT2D eigenvalue weighted by molar-refractivity contribution is 6.02. The third-order valence-corrected chi connectivity index (χ3v) is 8.40. The van der Waals surface area contributed by atoms with Crippen molar-refractivity contribution >= 4 is 21.9 Å². The van der Waals surface area contributed by atoms with Gasteiger partial charge >= 0.3 is 0 Å². The second kappa shape index (κ2) is 9.85. The van der Waals surface area contributed by atoms with E-state index in [1.165, 1.54) is 16.6 Å². The topological polar surface area (TPSA) is 69.6 Å². The maximum absolute atomic E-state index is 6.52. The van der Waals surface area contributed by atoms with Crippen molar-refractivity contribution < 1.29 is 4.42 Å². The lowest BCUT2D eigenvalue weighted by atomic mass is 9.92. The van der Waals surface area contributed by atoms with Crippen molar-refractivity contribution in [1.82, 2.24) is 24.5 Å². The Hall–Kier alpha value is -5.88. The molecule has 0 spiro atoms. The molecule has 6 nitrogen and oxygen atoms in total. The summed E-state index contributed by atoms with van der Waals surface area (Å²) in [6.45, 7) is 0. The average Bonchev–Trinajstić information content (AvgIpc) is 3.65. The second-order valence-electron chi connectivity index (χ2n) is 11.0. The van der Waals surface area contributed by atoms with Gasteiger partial charge in [0, 0.05) is 38.7 Å². The molecule has 0 fully saturated rings. The molecule has 44 heavy (non-hydrogen) atoms. The number of fused-ring (bicyclic) bond motifs is 7. The summed E-state index contributed by atoms with van der Waals surface area (Å²) < 4.78 is 8.80. The largest absolute Gasteiger partial charge is 0.456 e. The number of furan rings is 1. The van der Waals surface area contributed by atoms with Gasteiger partial charge in [-0.1, -0.05) is 103 Å². The van der Waals surface area contributed by atoms with Crippen LogP contribution >= 0.6 is 0 Å². The van der Waals surface area contributed by atoms with Gasteiger partial charge in [-0.25, -0.2) is 19.9 Å². The minimum Gasteiger partial charge on any atom is -0.456 e. The number of para-hydroxylation sites is 2. The quantitative estimate of drug-likeness (QED) is 0.213. The van der Waals surface area contributed by atoms with E-state index in [0.29, 0.717) is 23.2 Å². The Bertz CT molecular complexity index is 2280. The van der Waals surface area contributed by atoms with Crippen LogP contribution in [0.15, 0.2) is 132 Å². The van der Waals surface area contributed by atoms with Crippen LogP contribution in [0.2, 0.25) is 0 Å². The first kappa shape index (κ1) is 24.7. The van der Waals surface area contributed by atoms with Crippen molar-refractivity contribution in [3.8, 4) is 51.4 Å². The number of hydrogen-bond acceptors (Lipinski definition) is 5. The molecule has 4 aromatic heterocycles. The third kappa shape index (κ3) is 3.88. The number of pyridine rings is 1. The van der Waals surface area contributed by atoms with E-state index in [0.717, 1.165) is 57.6 Å². The van der Waals surface area contributed by atoms with Gasteiger partial charge in [0.15, 0.2) is 17.5 Å². The fraction of sp³-hybridized carbons (Fsp3) is 0.0526. The van der Waals surface area contributed by atoms with E-state index in [9.17, 15) is 0 Å². The molecule has 4 aromatic carbocycles. The van der Waals surface area contributed by atoms with Crippen LogP contribution < -0.4 is 0 Å². The molecule has 0 N–H and O–H groups in total. The first-order valence-corrected chi connectivity index (χ1v) is 14.8. The number of hydrogen-bond donors (Lipinski definition) is 0. The van der Waals surface area contributed by atoms with Crippen LogP contribution in [0.1, 0.15) is 11.3 Å². The highest BCUT2D eigenvalue weighted by atomic mass is 16.3. The van der Waals surface area contributed by atoms with Crippen molar-refractivity contribution in [2.75, 3.05) is 0 Å². The second-order valence-corrected chi connectivity index (χ2v) is 11.0. The molecule has 0 saturated heterocycles. The standard InChI is InChI=1S/C38H25N5O/c1-3-12-24(13-4-1)36-40-37(25-14-5-2-6-15-25)42-38(41-36)29-18-11-21-33(39-29)43-30-19-9-7-17-28(30)34-31(43)23-22-27-26-16-8-10-20-32(26)44-35(27)34/h1-21H,22-23H2. The zero-order valence-electron chi connectivity index (χ0n) is 23.7. The van der Waals surface area contributed by atoms with E-state index in [-0.39, 0.29) is 0 Å². The molecule has 0 amide bonds. The van der Waals surface area contributed by atoms with Crippen LogP contribution in [0.4, 0.5) is 0 Å². The summed E-state index contributed by atoms with van der Waals surface area (Å²) in [7, 11) is 0. The normalized spacial score (nSPS) is 12.4. The highest BCUT2D eigenvalue weighted by Gasteiger charge is 2.29. The first-order valence-electron chi connectivity index (χ1n) is 14.8. The van der Waals surface area contributed by atoms with Crippen molar-refractivity contribution in [3.05, 3.63) is 139 Å². The molecule has 6 heteroatoms. The average molecular weight is 568 g/mol. The van der Waals surface area contributed by atoms with Crippen LogP contribution in [-0.4, -0.2) is 24.5 Å². The first-order chi connectivity index (χ1) is 21.8. The SMILES string of the molecule is c1ccc(-c2nc(-c3ccccc3)nc(-c3cccc(-n4c5c(c6ccccc64)-c4oc6ccccc6c4CC5)n3)n2)cc1. The molecule has 1 aliphatic carbocycles. The number of aromatic nitrogens is 5. The number of rotatable bonds is 4. The van der Waals surface area contributed by atoms with Crippen LogP contribution in [0, 0.1) is 0 Å². The monoisotopic (exact) mass is 567 g/mol. The van der Waals surface area contributed by atoms with E-state index in [1.54, 1.807) is 0 Å². The van der Waals surface area contributed by atoms with Crippen molar-refractivity contribution in [2.24, 2.45) is 0 Å². The Morgan fingerprint density at radius 2 is 1.16 bits per heavy atom. The fourth-order valence-electron chi connectivity index (χ4n) is 6.43. The summed E-state index contributed by atoms with van der Waals surface area (Å²) in [4.78, 5) is 19.9. The minimum absolute atomic E-state index is 0.532. The van der Waals surface area contributed by atoms with Gasteiger partial charge in [-0.3, -0.25) is 4.57 Å². The van der Waals surface area contributed by atoms with Crippen molar-refractivity contribution in [2.45, 2.75) is 12.8 Å². The molecule has 4 heterocycles. The molecule has 0 aliphatic heterocycles. The number of aryl methyl sites for hydroxylation is 1. The van der Waals surface area contributed by atoms with E-state index in [2.05, 4.69) is 53.1 Å². The zero-order chi connectivity index (χ0) is 29.0. The summed E-state index contributed by atoms with van der Waals surface area (Å²) in [5.41, 5.74) is 8.21. The molecular formula is C38H25N5O. The zero-order valence-corrected chi connectivity index (χ0v) is 23.7. The van der Waals surface area contributed by atoms with Crippen LogP contribution in [0.5, 0.6) is 0 Å². The van der Waals surface area contributed by atoms with Gasteiger partial charge in [-0.05, 0) is 37.1 Å². The number of nitrogens with zero attached hydrogens (tertiary/aromatic N) is 5. The van der Waals surface area contributed by atoms with Gasteiger partial charge in [0.05, 0.1) is 5.52 Å². The Labute approximate surface area is 253 Å². The van der Waals surface area contributed by atoms with Gasteiger partial charge in [0.25, 0.3) is 0 Å². The molecular weight excluding hydrogens is 542 g/mol. The van der Waals surface area contributed by atoms with Gasteiger partial charge < -0.3 is 4.42 Å². The maximum atomic E-state index is 6.52.